The van der Waals surface area contributed by atoms with Crippen LogP contribution >= 0.6 is 0 Å². The summed E-state index contributed by atoms with van der Waals surface area (Å²) in [7, 11) is 0. The highest BCUT2D eigenvalue weighted by molar-refractivity contribution is 5.76. The van der Waals surface area contributed by atoms with Crippen LogP contribution in [0.4, 0.5) is 0 Å². The second-order valence-corrected chi connectivity index (χ2v) is 13.8. The highest BCUT2D eigenvalue weighted by atomic mass is 16.6. The van der Waals surface area contributed by atoms with E-state index in [0.29, 0.717) is 61.9 Å². The van der Waals surface area contributed by atoms with E-state index in [1.54, 1.807) is 48.5 Å². The van der Waals surface area contributed by atoms with Gasteiger partial charge in [0.15, 0.2) is 0 Å². The normalized spacial score (nSPS) is 18.4. The van der Waals surface area contributed by atoms with Gasteiger partial charge in [0.1, 0.15) is 23.0 Å². The van der Waals surface area contributed by atoms with Crippen LogP contribution in [0, 0.1) is 23.7 Å². The van der Waals surface area contributed by atoms with E-state index in [0.717, 1.165) is 22.3 Å². The molecule has 2 aliphatic heterocycles. The predicted octanol–water partition coefficient (Wildman–Crippen LogP) is 6.22. The maximum Gasteiger partial charge on any atom is 0.309 e. The summed E-state index contributed by atoms with van der Waals surface area (Å²) in [6.45, 7) is 6.12. The number of hydrogen-bond donors (Lipinski definition) is 0. The molecule has 0 bridgehead atoms. The molecule has 4 aromatic rings. The monoisotopic (exact) mass is 764 g/mol. The summed E-state index contributed by atoms with van der Waals surface area (Å²) in [4.78, 5) is 69.1. The fourth-order valence-corrected chi connectivity index (χ4v) is 6.83. The van der Waals surface area contributed by atoms with E-state index >= 15 is 0 Å². The van der Waals surface area contributed by atoms with Gasteiger partial charge >= 0.3 is 35.8 Å². The van der Waals surface area contributed by atoms with Crippen molar-refractivity contribution in [3.63, 3.8) is 0 Å². The molecule has 6 rings (SSSR count). The Bertz CT molecular complexity index is 1920. The Morgan fingerprint density at radius 2 is 0.732 bits per heavy atom. The third kappa shape index (κ3) is 12.4. The molecule has 4 aromatic carbocycles. The molecule has 12 nitrogen and oxygen atoms in total. The van der Waals surface area contributed by atoms with E-state index in [9.17, 15) is 28.8 Å². The summed E-state index contributed by atoms with van der Waals surface area (Å²) < 4.78 is 31.1. The van der Waals surface area contributed by atoms with Gasteiger partial charge in [-0.05, 0) is 96.5 Å². The molecule has 0 aromatic heterocycles. The van der Waals surface area contributed by atoms with E-state index in [1.165, 1.54) is 27.7 Å². The maximum absolute atomic E-state index is 12.3. The van der Waals surface area contributed by atoms with Crippen molar-refractivity contribution in [1.29, 1.82) is 0 Å². The van der Waals surface area contributed by atoms with Crippen LogP contribution in [0.1, 0.15) is 49.9 Å². The van der Waals surface area contributed by atoms with Crippen LogP contribution in [0.25, 0.3) is 0 Å². The number of carbonyl (C=O) groups is 6. The summed E-state index contributed by atoms with van der Waals surface area (Å²) in [5, 5.41) is 0. The molecule has 0 N–H and O–H groups in total. The molecular weight excluding hydrogens is 720 g/mol. The number of carbonyl (C=O) groups excluding carboxylic acids is 6. The molecule has 2 saturated heterocycles. The Labute approximate surface area is 325 Å². The Morgan fingerprint density at radius 1 is 0.464 bits per heavy atom. The minimum atomic E-state index is -0.386. The first-order valence-corrected chi connectivity index (χ1v) is 18.2. The molecule has 2 heterocycles. The van der Waals surface area contributed by atoms with Crippen LogP contribution in [0.3, 0.4) is 0 Å². The van der Waals surface area contributed by atoms with Gasteiger partial charge in [0.2, 0.25) is 0 Å². The zero-order valence-corrected chi connectivity index (χ0v) is 31.7. The first kappa shape index (κ1) is 40.9. The Hall–Kier alpha value is -6.30. The molecule has 12 heteroatoms. The van der Waals surface area contributed by atoms with Crippen LogP contribution in [0.2, 0.25) is 0 Å². The Kier molecular flexibility index (Phi) is 14.1. The fraction of sp³-hybridized carbons (Fsp3) is 0.318. The SMILES string of the molecule is CC(=O)Oc1cccc(C[C@@H]2COC(=O)[C@H]2Cc2cccc(OC(C)=O)c2)c1.CC(=O)Oc1cccc(C[C@H]2COC(=O)[C@H]2Cc2cccc(OC(C)=O)c2)c1. The first-order chi connectivity index (χ1) is 26.8. The van der Waals surface area contributed by atoms with Gasteiger partial charge in [0.05, 0.1) is 25.0 Å². The van der Waals surface area contributed by atoms with Crippen molar-refractivity contribution < 1.29 is 57.2 Å². The van der Waals surface area contributed by atoms with Crippen LogP contribution in [0.5, 0.6) is 23.0 Å². The van der Waals surface area contributed by atoms with Gasteiger partial charge in [-0.15, -0.1) is 0 Å². The van der Waals surface area contributed by atoms with Crippen LogP contribution < -0.4 is 18.9 Å². The molecule has 0 unspecified atom stereocenters. The van der Waals surface area contributed by atoms with E-state index in [4.69, 9.17) is 28.4 Å². The predicted molar refractivity (Wildman–Crippen MR) is 202 cm³/mol. The van der Waals surface area contributed by atoms with Crippen molar-refractivity contribution in [3.8, 4) is 23.0 Å². The van der Waals surface area contributed by atoms with Crippen molar-refractivity contribution in [2.24, 2.45) is 23.7 Å². The minimum absolute atomic E-state index is 0.0115. The first-order valence-electron chi connectivity index (χ1n) is 18.2. The second kappa shape index (κ2) is 19.3. The van der Waals surface area contributed by atoms with Crippen molar-refractivity contribution in [2.45, 2.75) is 53.4 Å². The van der Waals surface area contributed by atoms with Gasteiger partial charge in [0.25, 0.3) is 0 Å². The molecule has 2 aliphatic rings. The Balaban J connectivity index is 0.000000214. The topological polar surface area (TPSA) is 158 Å². The molecule has 0 amide bonds. The van der Waals surface area contributed by atoms with E-state index in [-0.39, 0.29) is 59.5 Å². The largest absolute Gasteiger partial charge is 0.465 e. The lowest BCUT2D eigenvalue weighted by Crippen LogP contribution is -2.20. The lowest BCUT2D eigenvalue weighted by molar-refractivity contribution is -0.142. The molecular formula is C44H44O12. The fourth-order valence-electron chi connectivity index (χ4n) is 6.83. The summed E-state index contributed by atoms with van der Waals surface area (Å²) in [6, 6.07) is 28.9. The lowest BCUT2D eigenvalue weighted by Gasteiger charge is -2.16. The summed E-state index contributed by atoms with van der Waals surface area (Å²) >= 11 is 0. The molecule has 0 saturated carbocycles. The Morgan fingerprint density at radius 3 is 1.00 bits per heavy atom. The average Bonchev–Trinajstić information content (AvgIpc) is 3.64. The molecule has 0 radical (unpaired) electrons. The van der Waals surface area contributed by atoms with Crippen LogP contribution in [0.15, 0.2) is 97.1 Å². The number of esters is 6. The number of benzene rings is 4. The van der Waals surface area contributed by atoms with Crippen LogP contribution in [-0.2, 0) is 63.9 Å². The van der Waals surface area contributed by atoms with E-state index in [2.05, 4.69) is 0 Å². The van der Waals surface area contributed by atoms with Crippen molar-refractivity contribution in [1.82, 2.24) is 0 Å². The van der Waals surface area contributed by atoms with Gasteiger partial charge < -0.3 is 28.4 Å². The van der Waals surface area contributed by atoms with Gasteiger partial charge in [-0.2, -0.15) is 0 Å². The summed E-state index contributed by atoms with van der Waals surface area (Å²) in [6.07, 6.45) is 2.27. The smallest absolute Gasteiger partial charge is 0.309 e. The molecule has 56 heavy (non-hydrogen) atoms. The van der Waals surface area contributed by atoms with Gasteiger partial charge in [-0.1, -0.05) is 48.5 Å². The maximum atomic E-state index is 12.3. The summed E-state index contributed by atoms with van der Waals surface area (Å²) in [5.41, 5.74) is 3.75. The van der Waals surface area contributed by atoms with Gasteiger partial charge in [-0.25, -0.2) is 0 Å². The molecule has 4 atom stereocenters. The minimum Gasteiger partial charge on any atom is -0.465 e. The number of cyclic esters (lactones) is 2. The molecule has 292 valence electrons. The number of ether oxygens (including phenoxy) is 6. The van der Waals surface area contributed by atoms with E-state index < -0.39 is 0 Å². The standard InChI is InChI=1S/2C22H22O6/c2*1-14(23)27-19-7-3-5-16(10-19)9-18-13-26-22(25)21(18)12-17-6-4-8-20(11-17)28-15(2)24/h2*3-8,10-11,18,21H,9,12-13H2,1-2H3/t18-,21+;18-,21-/m10/s1. The third-order valence-electron chi connectivity index (χ3n) is 9.17. The lowest BCUT2D eigenvalue weighted by atomic mass is 9.85. The highest BCUT2D eigenvalue weighted by Crippen LogP contribution is 2.32. The third-order valence-corrected chi connectivity index (χ3v) is 9.17. The average molecular weight is 765 g/mol. The number of rotatable bonds is 12. The zero-order valence-electron chi connectivity index (χ0n) is 31.7. The van der Waals surface area contributed by atoms with Gasteiger partial charge in [-0.3, -0.25) is 28.8 Å². The summed E-state index contributed by atoms with van der Waals surface area (Å²) in [5.74, 6) is -0.622. The molecule has 0 spiro atoms. The van der Waals surface area contributed by atoms with Crippen molar-refractivity contribution in [2.75, 3.05) is 13.2 Å². The van der Waals surface area contributed by atoms with Gasteiger partial charge in [0, 0.05) is 39.5 Å². The van der Waals surface area contributed by atoms with Crippen molar-refractivity contribution in [3.05, 3.63) is 119 Å². The molecule has 2 fully saturated rings. The zero-order chi connectivity index (χ0) is 40.2. The van der Waals surface area contributed by atoms with Crippen molar-refractivity contribution >= 4 is 35.8 Å². The highest BCUT2D eigenvalue weighted by Gasteiger charge is 2.38. The number of hydrogen-bond acceptors (Lipinski definition) is 12. The quantitative estimate of drug-likeness (QED) is 0.119. The molecule has 0 aliphatic carbocycles. The van der Waals surface area contributed by atoms with E-state index in [1.807, 2.05) is 48.5 Å². The van der Waals surface area contributed by atoms with Crippen LogP contribution in [-0.4, -0.2) is 49.0 Å². The second-order valence-electron chi connectivity index (χ2n) is 13.8.